The minimum absolute atomic E-state index is 0.00465. The molecule has 0 saturated carbocycles. The van der Waals surface area contributed by atoms with E-state index in [2.05, 4.69) is 31.3 Å². The van der Waals surface area contributed by atoms with Crippen LogP contribution in [0.3, 0.4) is 0 Å². The molecule has 0 heterocycles. The normalized spacial score (nSPS) is 14.5. The number of nitrogens with zero attached hydrogens (tertiary/aromatic N) is 1. The van der Waals surface area contributed by atoms with Crippen LogP contribution in [0.5, 0.6) is 0 Å². The molecule has 0 aliphatic carbocycles. The lowest BCUT2D eigenvalue weighted by atomic mass is 10.0. The highest BCUT2D eigenvalue weighted by molar-refractivity contribution is 7.45. The van der Waals surface area contributed by atoms with Crippen molar-refractivity contribution < 1.29 is 32.9 Å². The predicted octanol–water partition coefficient (Wildman–Crippen LogP) is 12.7. The number of allylic oxidation sites excluding steroid dienone is 3. The minimum Gasteiger partial charge on any atom is -0.756 e. The van der Waals surface area contributed by atoms with Gasteiger partial charge in [-0.1, -0.05) is 205 Å². The monoisotopic (exact) mass is 813 g/mol. The summed E-state index contributed by atoms with van der Waals surface area (Å²) in [5.74, 6) is -0.207. The van der Waals surface area contributed by atoms with Crippen molar-refractivity contribution in [1.29, 1.82) is 0 Å². The summed E-state index contributed by atoms with van der Waals surface area (Å²) >= 11 is 0. The highest BCUT2D eigenvalue weighted by Crippen LogP contribution is 2.38. The number of aliphatic hydroxyl groups excluding tert-OH is 1. The van der Waals surface area contributed by atoms with Crippen LogP contribution in [0.15, 0.2) is 24.3 Å². The van der Waals surface area contributed by atoms with E-state index in [1.54, 1.807) is 6.08 Å². The third kappa shape index (κ3) is 41.2. The van der Waals surface area contributed by atoms with E-state index < -0.39 is 20.0 Å². The van der Waals surface area contributed by atoms with Gasteiger partial charge in [-0.25, -0.2) is 0 Å². The van der Waals surface area contributed by atoms with E-state index in [-0.39, 0.29) is 19.1 Å². The van der Waals surface area contributed by atoms with Gasteiger partial charge in [-0.05, 0) is 32.1 Å². The molecule has 0 bridgehead atoms. The molecule has 56 heavy (non-hydrogen) atoms. The Bertz CT molecular complexity index is 969. The number of hydrogen-bond donors (Lipinski definition) is 2. The first-order valence-electron chi connectivity index (χ1n) is 23.7. The van der Waals surface area contributed by atoms with Crippen molar-refractivity contribution in [2.45, 2.75) is 231 Å². The first kappa shape index (κ1) is 55.0. The molecular formula is C47H93N2O6P. The zero-order valence-corrected chi connectivity index (χ0v) is 38.5. The molecule has 0 rings (SSSR count). The van der Waals surface area contributed by atoms with Crippen molar-refractivity contribution in [2.24, 2.45) is 0 Å². The van der Waals surface area contributed by atoms with Gasteiger partial charge in [0.05, 0.1) is 39.9 Å². The molecule has 8 nitrogen and oxygen atoms in total. The first-order valence-corrected chi connectivity index (χ1v) is 25.2. The van der Waals surface area contributed by atoms with E-state index >= 15 is 0 Å². The second-order valence-corrected chi connectivity index (χ2v) is 18.9. The van der Waals surface area contributed by atoms with Crippen molar-refractivity contribution >= 4 is 13.7 Å². The molecule has 0 aromatic carbocycles. The molecule has 332 valence electrons. The molecule has 3 atom stereocenters. The van der Waals surface area contributed by atoms with Gasteiger partial charge in [-0.15, -0.1) is 0 Å². The van der Waals surface area contributed by atoms with Crippen molar-refractivity contribution in [1.82, 2.24) is 5.32 Å². The summed E-state index contributed by atoms with van der Waals surface area (Å²) in [6, 6.07) is -0.896. The van der Waals surface area contributed by atoms with Gasteiger partial charge < -0.3 is 28.8 Å². The zero-order valence-electron chi connectivity index (χ0n) is 37.6. The van der Waals surface area contributed by atoms with Crippen LogP contribution in [-0.2, 0) is 18.4 Å². The molecule has 0 aromatic heterocycles. The Morgan fingerprint density at radius 3 is 1.45 bits per heavy atom. The Labute approximate surface area is 347 Å². The van der Waals surface area contributed by atoms with E-state index in [1.807, 2.05) is 27.2 Å². The second-order valence-electron chi connectivity index (χ2n) is 17.5. The molecule has 0 aromatic rings. The molecule has 1 amide bonds. The van der Waals surface area contributed by atoms with E-state index in [1.165, 1.54) is 161 Å². The molecule has 0 fully saturated rings. The Hall–Kier alpha value is -1.02. The number of phosphoric ester groups is 1. The molecule has 0 aliphatic heterocycles. The average molecular weight is 813 g/mol. The molecular weight excluding hydrogens is 719 g/mol. The van der Waals surface area contributed by atoms with Crippen LogP contribution < -0.4 is 10.2 Å². The molecule has 0 saturated heterocycles. The van der Waals surface area contributed by atoms with Gasteiger partial charge in [0.25, 0.3) is 7.82 Å². The molecule has 9 heteroatoms. The van der Waals surface area contributed by atoms with Crippen molar-refractivity contribution in [2.75, 3.05) is 40.9 Å². The Morgan fingerprint density at radius 2 is 1.00 bits per heavy atom. The van der Waals surface area contributed by atoms with E-state index in [4.69, 9.17) is 9.05 Å². The van der Waals surface area contributed by atoms with Gasteiger partial charge in [0.2, 0.25) is 5.91 Å². The lowest BCUT2D eigenvalue weighted by Gasteiger charge is -2.29. The summed E-state index contributed by atoms with van der Waals surface area (Å²) in [4.78, 5) is 25.2. The number of nitrogens with one attached hydrogen (secondary N) is 1. The quantitative estimate of drug-likeness (QED) is 0.0275. The smallest absolute Gasteiger partial charge is 0.268 e. The largest absolute Gasteiger partial charge is 0.756 e. The number of amides is 1. The summed E-state index contributed by atoms with van der Waals surface area (Å²) < 4.78 is 23.1. The summed E-state index contributed by atoms with van der Waals surface area (Å²) in [6.45, 7) is 4.58. The minimum atomic E-state index is -4.59. The SMILES string of the molecule is CCCCC/C=C/CC/C=C/C(O)C(COP(=O)([O-])OCC[N+](C)(C)C)NC(=O)CCCCCCCCCCCCCCCCCCCCCCCCCCC. The Balaban J connectivity index is 4.10. The zero-order chi connectivity index (χ0) is 41.4. The topological polar surface area (TPSA) is 108 Å². The molecule has 0 spiro atoms. The highest BCUT2D eigenvalue weighted by Gasteiger charge is 2.23. The number of likely N-dealkylation sites (N-methyl/N-ethyl adjacent to an activating group) is 1. The third-order valence-electron chi connectivity index (χ3n) is 10.7. The van der Waals surface area contributed by atoms with Crippen molar-refractivity contribution in [3.8, 4) is 0 Å². The standard InChI is InChI=1S/C47H93N2O6P/c1-6-8-10-12-14-16-17-18-19-20-21-22-23-24-25-26-27-28-29-30-31-33-35-37-39-41-47(51)48-45(44-55-56(52,53)54-43-42-49(3,4)5)46(50)40-38-36-34-32-15-13-11-9-7-2/h15,32,38,40,45-46,50H,6-14,16-31,33-37,39,41-44H2,1-5H3,(H-,48,51,52,53)/b32-15+,40-38+. The maximum Gasteiger partial charge on any atom is 0.268 e. The number of aliphatic hydroxyl groups is 1. The van der Waals surface area contributed by atoms with Gasteiger partial charge >= 0.3 is 0 Å². The lowest BCUT2D eigenvalue weighted by Crippen LogP contribution is -2.45. The lowest BCUT2D eigenvalue weighted by molar-refractivity contribution is -0.870. The fraction of sp³-hybridized carbons (Fsp3) is 0.894. The second kappa shape index (κ2) is 39.4. The predicted molar refractivity (Wildman–Crippen MR) is 238 cm³/mol. The number of quaternary nitrogens is 1. The Kier molecular flexibility index (Phi) is 38.7. The van der Waals surface area contributed by atoms with Crippen LogP contribution in [-0.4, -0.2) is 68.5 Å². The van der Waals surface area contributed by atoms with Crippen LogP contribution in [0, 0.1) is 0 Å². The Morgan fingerprint density at radius 1 is 0.607 bits per heavy atom. The van der Waals surface area contributed by atoms with Crippen LogP contribution in [0.1, 0.15) is 219 Å². The van der Waals surface area contributed by atoms with Crippen molar-refractivity contribution in [3.63, 3.8) is 0 Å². The van der Waals surface area contributed by atoms with Gasteiger partial charge in [0.15, 0.2) is 0 Å². The van der Waals surface area contributed by atoms with Crippen LogP contribution >= 0.6 is 7.82 Å². The summed E-state index contributed by atoms with van der Waals surface area (Å²) in [5, 5.41) is 13.7. The third-order valence-corrected chi connectivity index (χ3v) is 11.6. The van der Waals surface area contributed by atoms with E-state index in [0.29, 0.717) is 17.4 Å². The van der Waals surface area contributed by atoms with E-state index in [0.717, 1.165) is 38.5 Å². The average Bonchev–Trinajstić information content (AvgIpc) is 3.15. The molecule has 3 unspecified atom stereocenters. The van der Waals surface area contributed by atoms with Gasteiger partial charge in [-0.3, -0.25) is 9.36 Å². The van der Waals surface area contributed by atoms with Crippen LogP contribution in [0.2, 0.25) is 0 Å². The highest BCUT2D eigenvalue weighted by atomic mass is 31.2. The van der Waals surface area contributed by atoms with Gasteiger partial charge in [0, 0.05) is 6.42 Å². The van der Waals surface area contributed by atoms with Crippen LogP contribution in [0.25, 0.3) is 0 Å². The fourth-order valence-electron chi connectivity index (χ4n) is 6.87. The maximum atomic E-state index is 12.8. The number of hydrogen-bond acceptors (Lipinski definition) is 6. The maximum absolute atomic E-state index is 12.8. The molecule has 0 radical (unpaired) electrons. The number of phosphoric acid groups is 1. The first-order chi connectivity index (χ1) is 27.0. The van der Waals surface area contributed by atoms with Crippen LogP contribution in [0.4, 0.5) is 0 Å². The molecule has 0 aliphatic rings. The summed E-state index contributed by atoms with van der Waals surface area (Å²) in [7, 11) is 1.25. The van der Waals surface area contributed by atoms with Gasteiger partial charge in [0.1, 0.15) is 13.2 Å². The number of carbonyl (C=O) groups excluding carboxylic acids is 1. The summed E-state index contributed by atoms with van der Waals surface area (Å²) in [6.07, 6.45) is 46.9. The number of carbonyl (C=O) groups is 1. The summed E-state index contributed by atoms with van der Waals surface area (Å²) in [5.41, 5.74) is 0. The van der Waals surface area contributed by atoms with E-state index in [9.17, 15) is 19.4 Å². The fourth-order valence-corrected chi connectivity index (χ4v) is 7.60. The molecule has 2 N–H and O–H groups in total. The van der Waals surface area contributed by atoms with Crippen molar-refractivity contribution in [3.05, 3.63) is 24.3 Å². The van der Waals surface area contributed by atoms with Gasteiger partial charge in [-0.2, -0.15) is 0 Å². The number of rotatable bonds is 43. The number of unbranched alkanes of at least 4 members (excludes halogenated alkanes) is 28.